The summed E-state index contributed by atoms with van der Waals surface area (Å²) in [5.41, 5.74) is 2.40. The summed E-state index contributed by atoms with van der Waals surface area (Å²) in [6, 6.07) is 5.81. The van der Waals surface area contributed by atoms with Gasteiger partial charge in [-0.15, -0.1) is 5.10 Å². The number of carbonyl (C=O) groups is 1. The van der Waals surface area contributed by atoms with Gasteiger partial charge in [0.25, 0.3) is 5.91 Å². The van der Waals surface area contributed by atoms with Crippen LogP contribution in [0.4, 0.5) is 0 Å². The summed E-state index contributed by atoms with van der Waals surface area (Å²) in [6.07, 6.45) is 4.69. The van der Waals surface area contributed by atoms with Gasteiger partial charge in [-0.3, -0.25) is 9.48 Å². The molecule has 3 heterocycles. The molecule has 6 nitrogen and oxygen atoms in total. The average molecular weight is 285 g/mol. The Bertz CT molecular complexity index is 634. The summed E-state index contributed by atoms with van der Waals surface area (Å²) in [5.74, 6) is -0.0211. The van der Waals surface area contributed by atoms with E-state index in [1.54, 1.807) is 12.3 Å². The average Bonchev–Trinajstić information content (AvgIpc) is 3.09. The second-order valence-corrected chi connectivity index (χ2v) is 5.50. The van der Waals surface area contributed by atoms with Crippen molar-refractivity contribution in [3.63, 3.8) is 0 Å². The third kappa shape index (κ3) is 2.79. The highest BCUT2D eigenvalue weighted by atomic mass is 16.2. The van der Waals surface area contributed by atoms with Crippen molar-refractivity contribution in [1.82, 2.24) is 24.9 Å². The van der Waals surface area contributed by atoms with Gasteiger partial charge < -0.3 is 4.90 Å². The molecule has 1 fully saturated rings. The Morgan fingerprint density at radius 3 is 2.86 bits per heavy atom. The first kappa shape index (κ1) is 13.7. The van der Waals surface area contributed by atoms with Crippen molar-refractivity contribution < 1.29 is 4.79 Å². The number of hydrogen-bond acceptors (Lipinski definition) is 4. The molecule has 1 aliphatic rings. The van der Waals surface area contributed by atoms with Gasteiger partial charge >= 0.3 is 0 Å². The molecule has 1 atom stereocenters. The number of hydrogen-bond donors (Lipinski definition) is 0. The zero-order valence-corrected chi connectivity index (χ0v) is 12.4. The molecule has 2 aromatic heterocycles. The number of nitrogens with zero attached hydrogens (tertiary/aromatic N) is 5. The van der Waals surface area contributed by atoms with Crippen molar-refractivity contribution in [2.75, 3.05) is 6.54 Å². The second kappa shape index (κ2) is 5.63. The predicted molar refractivity (Wildman–Crippen MR) is 77.7 cm³/mol. The van der Waals surface area contributed by atoms with Crippen LogP contribution in [-0.4, -0.2) is 43.4 Å². The van der Waals surface area contributed by atoms with E-state index in [-0.39, 0.29) is 11.9 Å². The lowest BCUT2D eigenvalue weighted by molar-refractivity contribution is 0.0728. The summed E-state index contributed by atoms with van der Waals surface area (Å²) < 4.78 is 1.87. The third-order valence-corrected chi connectivity index (χ3v) is 4.02. The monoisotopic (exact) mass is 285 g/mol. The maximum atomic E-state index is 12.6. The third-order valence-electron chi connectivity index (χ3n) is 4.02. The minimum atomic E-state index is -0.0211. The first-order valence-electron chi connectivity index (χ1n) is 7.23. The number of aromatic nitrogens is 4. The molecule has 0 spiro atoms. The van der Waals surface area contributed by atoms with Crippen molar-refractivity contribution in [2.24, 2.45) is 7.05 Å². The smallest absolute Gasteiger partial charge is 0.274 e. The van der Waals surface area contributed by atoms with E-state index >= 15 is 0 Å². The number of aryl methyl sites for hydroxylation is 2. The van der Waals surface area contributed by atoms with E-state index in [9.17, 15) is 4.79 Å². The standard InChI is InChI=1S/C15H19N5O/c1-11-5-6-14(18-17-11)15(21)20-9-3-4-13(20)10-12-7-8-16-19(12)2/h5-8,13H,3-4,9-10H2,1-2H3/t13-/m0/s1. The molecule has 0 bridgehead atoms. The molecule has 0 saturated carbocycles. The molecular weight excluding hydrogens is 266 g/mol. The van der Waals surface area contributed by atoms with E-state index in [1.807, 2.05) is 35.7 Å². The summed E-state index contributed by atoms with van der Waals surface area (Å²) in [5, 5.41) is 12.2. The van der Waals surface area contributed by atoms with Crippen LogP contribution in [-0.2, 0) is 13.5 Å². The number of rotatable bonds is 3. The van der Waals surface area contributed by atoms with Crippen molar-refractivity contribution in [2.45, 2.75) is 32.2 Å². The van der Waals surface area contributed by atoms with Crippen LogP contribution in [0.5, 0.6) is 0 Å². The zero-order chi connectivity index (χ0) is 14.8. The molecular formula is C15H19N5O. The molecule has 0 aromatic carbocycles. The lowest BCUT2D eigenvalue weighted by Gasteiger charge is -2.24. The predicted octanol–water partition coefficient (Wildman–Crippen LogP) is 1.37. The molecule has 0 unspecified atom stereocenters. The van der Waals surface area contributed by atoms with Crippen LogP contribution in [0.2, 0.25) is 0 Å². The topological polar surface area (TPSA) is 63.9 Å². The Kier molecular flexibility index (Phi) is 3.68. The van der Waals surface area contributed by atoms with E-state index < -0.39 is 0 Å². The van der Waals surface area contributed by atoms with Crippen molar-refractivity contribution >= 4 is 5.91 Å². The Hall–Kier alpha value is -2.24. The molecule has 0 N–H and O–H groups in total. The number of likely N-dealkylation sites (tertiary alicyclic amines) is 1. The Balaban J connectivity index is 1.76. The lowest BCUT2D eigenvalue weighted by Crippen LogP contribution is -2.37. The van der Waals surface area contributed by atoms with E-state index in [2.05, 4.69) is 15.3 Å². The molecule has 2 aromatic rings. The van der Waals surface area contributed by atoms with Crippen molar-refractivity contribution in [3.05, 3.63) is 41.5 Å². The fraction of sp³-hybridized carbons (Fsp3) is 0.467. The quantitative estimate of drug-likeness (QED) is 0.854. The Labute approximate surface area is 123 Å². The molecule has 1 saturated heterocycles. The van der Waals surface area contributed by atoms with Crippen LogP contribution < -0.4 is 0 Å². The van der Waals surface area contributed by atoms with E-state index in [0.717, 1.165) is 37.2 Å². The van der Waals surface area contributed by atoms with Gasteiger partial charge in [0, 0.05) is 37.9 Å². The van der Waals surface area contributed by atoms with Gasteiger partial charge in [-0.05, 0) is 38.0 Å². The number of carbonyl (C=O) groups excluding carboxylic acids is 1. The highest BCUT2D eigenvalue weighted by molar-refractivity contribution is 5.92. The normalized spacial score (nSPS) is 18.2. The summed E-state index contributed by atoms with van der Waals surface area (Å²) in [4.78, 5) is 14.5. The van der Waals surface area contributed by atoms with Gasteiger partial charge in [0.2, 0.25) is 0 Å². The highest BCUT2D eigenvalue weighted by Crippen LogP contribution is 2.22. The van der Waals surface area contributed by atoms with Gasteiger partial charge in [0.05, 0.1) is 5.69 Å². The van der Waals surface area contributed by atoms with Gasteiger partial charge in [-0.1, -0.05) is 0 Å². The van der Waals surface area contributed by atoms with E-state index in [0.29, 0.717) is 5.69 Å². The van der Waals surface area contributed by atoms with Gasteiger partial charge in [-0.25, -0.2) is 0 Å². The van der Waals surface area contributed by atoms with Gasteiger partial charge in [0.1, 0.15) is 0 Å². The first-order valence-corrected chi connectivity index (χ1v) is 7.23. The summed E-state index contributed by atoms with van der Waals surface area (Å²) >= 11 is 0. The molecule has 110 valence electrons. The Morgan fingerprint density at radius 1 is 1.33 bits per heavy atom. The van der Waals surface area contributed by atoms with Crippen LogP contribution in [0, 0.1) is 6.92 Å². The molecule has 1 amide bonds. The lowest BCUT2D eigenvalue weighted by atomic mass is 10.1. The molecule has 6 heteroatoms. The van der Waals surface area contributed by atoms with Crippen molar-refractivity contribution in [3.8, 4) is 0 Å². The maximum Gasteiger partial charge on any atom is 0.274 e. The Morgan fingerprint density at radius 2 is 2.19 bits per heavy atom. The molecule has 1 aliphatic heterocycles. The number of amides is 1. The van der Waals surface area contributed by atoms with Crippen LogP contribution in [0.3, 0.4) is 0 Å². The molecule has 3 rings (SSSR count). The first-order chi connectivity index (χ1) is 10.1. The maximum absolute atomic E-state index is 12.6. The largest absolute Gasteiger partial charge is 0.334 e. The van der Waals surface area contributed by atoms with Gasteiger partial charge in [-0.2, -0.15) is 10.2 Å². The minimum absolute atomic E-state index is 0.0211. The summed E-state index contributed by atoms with van der Waals surface area (Å²) in [6.45, 7) is 2.65. The van der Waals surface area contributed by atoms with Crippen molar-refractivity contribution in [1.29, 1.82) is 0 Å². The molecule has 21 heavy (non-hydrogen) atoms. The van der Waals surface area contributed by atoms with E-state index in [1.165, 1.54) is 0 Å². The fourth-order valence-corrected chi connectivity index (χ4v) is 2.82. The second-order valence-electron chi connectivity index (χ2n) is 5.50. The summed E-state index contributed by atoms with van der Waals surface area (Å²) in [7, 11) is 1.93. The zero-order valence-electron chi connectivity index (χ0n) is 12.4. The van der Waals surface area contributed by atoms with Crippen LogP contribution >= 0.6 is 0 Å². The van der Waals surface area contributed by atoms with E-state index in [4.69, 9.17) is 0 Å². The minimum Gasteiger partial charge on any atom is -0.334 e. The molecule has 0 radical (unpaired) electrons. The van der Waals surface area contributed by atoms with Crippen LogP contribution in [0.15, 0.2) is 24.4 Å². The van der Waals surface area contributed by atoms with Crippen LogP contribution in [0.1, 0.15) is 34.7 Å². The van der Waals surface area contributed by atoms with Crippen LogP contribution in [0.25, 0.3) is 0 Å². The SMILES string of the molecule is Cc1ccc(C(=O)N2CCC[C@H]2Cc2ccnn2C)nn1. The van der Waals surface area contributed by atoms with Gasteiger partial charge in [0.15, 0.2) is 5.69 Å². The molecule has 0 aliphatic carbocycles. The highest BCUT2D eigenvalue weighted by Gasteiger charge is 2.30. The fourth-order valence-electron chi connectivity index (χ4n) is 2.82.